The van der Waals surface area contributed by atoms with Crippen molar-refractivity contribution in [2.45, 2.75) is 13.8 Å². The maximum absolute atomic E-state index is 12.5. The molecule has 1 N–H and O–H groups in total. The van der Waals surface area contributed by atoms with Gasteiger partial charge in [-0.2, -0.15) is 0 Å². The van der Waals surface area contributed by atoms with Crippen molar-refractivity contribution in [1.29, 1.82) is 0 Å². The minimum Gasteiger partial charge on any atom is -0.478 e. The van der Waals surface area contributed by atoms with Crippen LogP contribution in [-0.2, 0) is 0 Å². The van der Waals surface area contributed by atoms with Crippen molar-refractivity contribution in [1.82, 2.24) is 4.98 Å². The molecule has 0 amide bonds. The van der Waals surface area contributed by atoms with Gasteiger partial charge >= 0.3 is 11.6 Å². The van der Waals surface area contributed by atoms with Crippen molar-refractivity contribution in [3.63, 3.8) is 0 Å². The Balaban J connectivity index is 1.81. The van der Waals surface area contributed by atoms with Gasteiger partial charge in [-0.05, 0) is 50.2 Å². The van der Waals surface area contributed by atoms with Crippen LogP contribution in [0.5, 0.6) is 0 Å². The lowest BCUT2D eigenvalue weighted by Crippen LogP contribution is -2.21. The second kappa shape index (κ2) is 6.84. The van der Waals surface area contributed by atoms with Crippen LogP contribution in [0.1, 0.15) is 24.2 Å². The molecular weight excluding hydrogens is 360 g/mol. The highest BCUT2D eigenvalue weighted by atomic mass is 16.4. The molecule has 0 radical (unpaired) electrons. The van der Waals surface area contributed by atoms with Crippen molar-refractivity contribution in [2.24, 2.45) is 0 Å². The summed E-state index contributed by atoms with van der Waals surface area (Å²) in [7, 11) is 0. The summed E-state index contributed by atoms with van der Waals surface area (Å²) in [5.41, 5.74) is 1.96. The van der Waals surface area contributed by atoms with E-state index >= 15 is 0 Å². The van der Waals surface area contributed by atoms with Crippen molar-refractivity contribution < 1.29 is 18.7 Å². The highest BCUT2D eigenvalue weighted by molar-refractivity contribution is 5.92. The van der Waals surface area contributed by atoms with Gasteiger partial charge in [-0.1, -0.05) is 0 Å². The summed E-state index contributed by atoms with van der Waals surface area (Å²) >= 11 is 0. The smallest absolute Gasteiger partial charge is 0.349 e. The lowest BCUT2D eigenvalue weighted by molar-refractivity contribution is 0.0697. The maximum Gasteiger partial charge on any atom is 0.349 e. The van der Waals surface area contributed by atoms with Crippen LogP contribution in [0.4, 0.5) is 5.69 Å². The molecule has 0 aliphatic heterocycles. The first-order valence-electron chi connectivity index (χ1n) is 8.97. The van der Waals surface area contributed by atoms with E-state index in [0.717, 1.165) is 24.2 Å². The van der Waals surface area contributed by atoms with Crippen LogP contribution in [-0.4, -0.2) is 29.1 Å². The summed E-state index contributed by atoms with van der Waals surface area (Å²) in [5.74, 6) is -0.963. The molecule has 0 unspecified atom stereocenters. The van der Waals surface area contributed by atoms with E-state index in [2.05, 4.69) is 23.7 Å². The molecule has 7 nitrogen and oxygen atoms in total. The number of carboxylic acids is 1. The van der Waals surface area contributed by atoms with E-state index in [1.807, 2.05) is 18.2 Å². The molecule has 0 saturated carbocycles. The highest BCUT2D eigenvalue weighted by Gasteiger charge is 2.16. The number of carbonyl (C=O) groups is 1. The minimum absolute atomic E-state index is 0.0877. The van der Waals surface area contributed by atoms with Crippen LogP contribution in [0.15, 0.2) is 56.1 Å². The molecular formula is C21H18N2O5. The summed E-state index contributed by atoms with van der Waals surface area (Å²) in [5, 5.41) is 9.85. The van der Waals surface area contributed by atoms with Gasteiger partial charge in [-0.3, -0.25) is 0 Å². The van der Waals surface area contributed by atoms with Crippen molar-refractivity contribution in [3.05, 3.63) is 58.4 Å². The van der Waals surface area contributed by atoms with Gasteiger partial charge in [-0.25, -0.2) is 14.6 Å². The average Bonchev–Trinajstić information content (AvgIpc) is 3.11. The standard InChI is InChI=1S/C21H18N2O5/c1-3-23(4-2)14-7-5-12-9-15(21(26)28-17(12)11-14)19-22-16-8-6-13(20(24)25)10-18(16)27-19/h5-11H,3-4H2,1-2H3,(H,24,25). The normalized spacial score (nSPS) is 11.2. The van der Waals surface area contributed by atoms with Crippen LogP contribution in [0, 0.1) is 0 Å². The number of aromatic nitrogens is 1. The van der Waals surface area contributed by atoms with Crippen molar-refractivity contribution >= 4 is 33.7 Å². The molecule has 0 aliphatic carbocycles. The number of oxazole rings is 1. The van der Waals surface area contributed by atoms with Gasteiger partial charge < -0.3 is 18.8 Å². The Hall–Kier alpha value is -3.61. The number of hydrogen-bond acceptors (Lipinski definition) is 6. The number of aromatic carboxylic acids is 1. The van der Waals surface area contributed by atoms with Gasteiger partial charge in [0.1, 0.15) is 16.7 Å². The molecule has 2 heterocycles. The third kappa shape index (κ3) is 3.00. The second-order valence-corrected chi connectivity index (χ2v) is 6.35. The van der Waals surface area contributed by atoms with Gasteiger partial charge in [0.05, 0.1) is 5.56 Å². The predicted molar refractivity (Wildman–Crippen MR) is 106 cm³/mol. The SMILES string of the molecule is CCN(CC)c1ccc2cc(-c3nc4ccc(C(=O)O)cc4o3)c(=O)oc2c1. The predicted octanol–water partition coefficient (Wildman–Crippen LogP) is 4.15. The fourth-order valence-electron chi connectivity index (χ4n) is 3.21. The number of benzene rings is 2. The summed E-state index contributed by atoms with van der Waals surface area (Å²) in [6.07, 6.45) is 0. The van der Waals surface area contributed by atoms with Crippen LogP contribution >= 0.6 is 0 Å². The number of hydrogen-bond donors (Lipinski definition) is 1. The van der Waals surface area contributed by atoms with E-state index in [-0.39, 0.29) is 17.0 Å². The largest absolute Gasteiger partial charge is 0.478 e. The quantitative estimate of drug-likeness (QED) is 0.521. The van der Waals surface area contributed by atoms with Gasteiger partial charge in [-0.15, -0.1) is 0 Å². The number of anilines is 1. The van der Waals surface area contributed by atoms with Crippen molar-refractivity contribution in [2.75, 3.05) is 18.0 Å². The van der Waals surface area contributed by atoms with Crippen molar-refractivity contribution in [3.8, 4) is 11.5 Å². The van der Waals surface area contributed by atoms with Crippen LogP contribution < -0.4 is 10.5 Å². The first kappa shape index (κ1) is 17.8. The van der Waals surface area contributed by atoms with E-state index in [0.29, 0.717) is 16.7 Å². The maximum atomic E-state index is 12.5. The van der Waals surface area contributed by atoms with E-state index < -0.39 is 11.6 Å². The molecule has 142 valence electrons. The monoisotopic (exact) mass is 378 g/mol. The Morgan fingerprint density at radius 2 is 1.82 bits per heavy atom. The summed E-state index contributed by atoms with van der Waals surface area (Å²) in [6.45, 7) is 5.84. The summed E-state index contributed by atoms with van der Waals surface area (Å²) < 4.78 is 11.1. The zero-order valence-electron chi connectivity index (χ0n) is 15.4. The van der Waals surface area contributed by atoms with Gasteiger partial charge in [0.25, 0.3) is 0 Å². The van der Waals surface area contributed by atoms with Gasteiger partial charge in [0.2, 0.25) is 5.89 Å². The first-order chi connectivity index (χ1) is 13.5. The van der Waals surface area contributed by atoms with Crippen LogP contribution in [0.25, 0.3) is 33.5 Å². The fraction of sp³-hybridized carbons (Fsp3) is 0.190. The molecule has 0 saturated heterocycles. The van der Waals surface area contributed by atoms with E-state index in [1.165, 1.54) is 12.1 Å². The summed E-state index contributed by atoms with van der Waals surface area (Å²) in [6, 6.07) is 11.8. The fourth-order valence-corrected chi connectivity index (χ4v) is 3.21. The molecule has 4 rings (SSSR count). The highest BCUT2D eigenvalue weighted by Crippen LogP contribution is 2.27. The number of fused-ring (bicyclic) bond motifs is 2. The molecule has 2 aromatic heterocycles. The molecule has 0 spiro atoms. The Kier molecular flexibility index (Phi) is 4.35. The zero-order chi connectivity index (χ0) is 19.8. The number of nitrogens with zero attached hydrogens (tertiary/aromatic N) is 2. The Morgan fingerprint density at radius 3 is 2.54 bits per heavy atom. The Labute approximate surface area is 159 Å². The molecule has 28 heavy (non-hydrogen) atoms. The van der Waals surface area contributed by atoms with Gasteiger partial charge in [0.15, 0.2) is 5.58 Å². The Morgan fingerprint density at radius 1 is 1.04 bits per heavy atom. The topological polar surface area (TPSA) is 96.8 Å². The third-order valence-corrected chi connectivity index (χ3v) is 4.71. The first-order valence-corrected chi connectivity index (χ1v) is 8.97. The molecule has 7 heteroatoms. The summed E-state index contributed by atoms with van der Waals surface area (Å²) in [4.78, 5) is 30.1. The van der Waals surface area contributed by atoms with Gasteiger partial charge in [0, 0.05) is 30.2 Å². The van der Waals surface area contributed by atoms with E-state index in [4.69, 9.17) is 13.9 Å². The average molecular weight is 378 g/mol. The van der Waals surface area contributed by atoms with E-state index in [9.17, 15) is 9.59 Å². The van der Waals surface area contributed by atoms with Crippen LogP contribution in [0.2, 0.25) is 0 Å². The molecule has 0 fully saturated rings. The minimum atomic E-state index is -1.06. The zero-order valence-corrected chi connectivity index (χ0v) is 15.4. The second-order valence-electron chi connectivity index (χ2n) is 6.35. The molecule has 2 aromatic carbocycles. The number of rotatable bonds is 5. The third-order valence-electron chi connectivity index (χ3n) is 4.71. The van der Waals surface area contributed by atoms with E-state index in [1.54, 1.807) is 12.1 Å². The molecule has 0 bridgehead atoms. The van der Waals surface area contributed by atoms with Crippen LogP contribution in [0.3, 0.4) is 0 Å². The molecule has 0 atom stereocenters. The lowest BCUT2D eigenvalue weighted by Gasteiger charge is -2.20. The Bertz CT molecular complexity index is 1250. The lowest BCUT2D eigenvalue weighted by atomic mass is 10.1. The molecule has 0 aliphatic rings. The molecule has 4 aromatic rings. The number of carboxylic acid groups (broad SMARTS) is 1.